The maximum atomic E-state index is 11.7. The molecule has 0 saturated carbocycles. The molecule has 0 bridgehead atoms. The summed E-state index contributed by atoms with van der Waals surface area (Å²) in [5, 5.41) is 7.33. The standard InChI is InChI=1S/C17H27ClN4O/c1-5-13(2)21-17(20-12-16(23)22(3)4)19-11-10-14-8-6-7-9-15(14)18/h6-9,13H,5,10-12H2,1-4H3,(H2,19,20,21). The lowest BCUT2D eigenvalue weighted by molar-refractivity contribution is -0.127. The highest BCUT2D eigenvalue weighted by atomic mass is 35.5. The first-order valence-corrected chi connectivity index (χ1v) is 8.30. The lowest BCUT2D eigenvalue weighted by Gasteiger charge is -2.17. The predicted octanol–water partition coefficient (Wildman–Crippen LogP) is 2.30. The fourth-order valence-electron chi connectivity index (χ4n) is 1.79. The van der Waals surface area contributed by atoms with Crippen LogP contribution in [-0.2, 0) is 11.2 Å². The topological polar surface area (TPSA) is 56.7 Å². The zero-order chi connectivity index (χ0) is 17.2. The summed E-state index contributed by atoms with van der Waals surface area (Å²) < 4.78 is 0. The largest absolute Gasteiger partial charge is 0.356 e. The summed E-state index contributed by atoms with van der Waals surface area (Å²) in [6, 6.07) is 8.08. The Morgan fingerprint density at radius 3 is 2.65 bits per heavy atom. The molecule has 0 spiro atoms. The van der Waals surface area contributed by atoms with Crippen LogP contribution in [0.1, 0.15) is 25.8 Å². The van der Waals surface area contributed by atoms with E-state index in [1.807, 2.05) is 24.3 Å². The van der Waals surface area contributed by atoms with Crippen molar-refractivity contribution in [2.24, 2.45) is 4.99 Å². The van der Waals surface area contributed by atoms with E-state index < -0.39 is 0 Å². The summed E-state index contributed by atoms with van der Waals surface area (Å²) in [7, 11) is 3.45. The van der Waals surface area contributed by atoms with Crippen LogP contribution < -0.4 is 10.6 Å². The van der Waals surface area contributed by atoms with Crippen molar-refractivity contribution in [2.45, 2.75) is 32.7 Å². The second-order valence-electron chi connectivity index (χ2n) is 5.67. The number of likely N-dealkylation sites (N-methyl/N-ethyl adjacent to an activating group) is 1. The minimum Gasteiger partial charge on any atom is -0.356 e. The van der Waals surface area contributed by atoms with E-state index in [0.717, 1.165) is 23.4 Å². The highest BCUT2D eigenvalue weighted by Crippen LogP contribution is 2.14. The number of rotatable bonds is 7. The Morgan fingerprint density at radius 2 is 2.04 bits per heavy atom. The number of halogens is 1. The van der Waals surface area contributed by atoms with Gasteiger partial charge in [-0.25, -0.2) is 4.99 Å². The molecule has 1 amide bonds. The third-order valence-corrected chi connectivity index (χ3v) is 3.88. The van der Waals surface area contributed by atoms with Crippen LogP contribution in [0.2, 0.25) is 5.02 Å². The van der Waals surface area contributed by atoms with Gasteiger partial charge in [0.1, 0.15) is 6.54 Å². The first kappa shape index (κ1) is 19.3. The Bertz CT molecular complexity index is 531. The number of carbonyl (C=O) groups is 1. The molecule has 0 heterocycles. The third kappa shape index (κ3) is 7.37. The van der Waals surface area contributed by atoms with Gasteiger partial charge in [0.2, 0.25) is 5.91 Å². The van der Waals surface area contributed by atoms with Gasteiger partial charge < -0.3 is 15.5 Å². The Balaban J connectivity index is 2.60. The lowest BCUT2D eigenvalue weighted by Crippen LogP contribution is -2.43. The molecule has 0 aliphatic rings. The van der Waals surface area contributed by atoms with Gasteiger partial charge in [0, 0.05) is 31.7 Å². The molecular weight excluding hydrogens is 312 g/mol. The average molecular weight is 339 g/mol. The van der Waals surface area contributed by atoms with Gasteiger partial charge in [-0.3, -0.25) is 4.79 Å². The number of aliphatic imine (C=N–C) groups is 1. The number of guanidine groups is 1. The molecule has 1 rings (SSSR count). The molecule has 0 saturated heterocycles. The molecular formula is C17H27ClN4O. The number of nitrogens with one attached hydrogen (secondary N) is 2. The van der Waals surface area contributed by atoms with Crippen LogP contribution in [0.5, 0.6) is 0 Å². The number of nitrogens with zero attached hydrogens (tertiary/aromatic N) is 2. The van der Waals surface area contributed by atoms with Crippen molar-refractivity contribution >= 4 is 23.5 Å². The van der Waals surface area contributed by atoms with E-state index in [1.165, 1.54) is 4.90 Å². The average Bonchev–Trinajstić information content (AvgIpc) is 2.53. The smallest absolute Gasteiger partial charge is 0.243 e. The van der Waals surface area contributed by atoms with Crippen molar-refractivity contribution < 1.29 is 4.79 Å². The van der Waals surface area contributed by atoms with Gasteiger partial charge in [-0.05, 0) is 31.4 Å². The molecule has 0 aliphatic heterocycles. The fourth-order valence-corrected chi connectivity index (χ4v) is 2.02. The van der Waals surface area contributed by atoms with Crippen LogP contribution in [0.25, 0.3) is 0 Å². The van der Waals surface area contributed by atoms with Crippen LogP contribution in [0.15, 0.2) is 29.3 Å². The Kier molecular flexibility index (Phi) is 8.48. The van der Waals surface area contributed by atoms with E-state index >= 15 is 0 Å². The minimum absolute atomic E-state index is 0.0265. The van der Waals surface area contributed by atoms with Crippen LogP contribution in [0.4, 0.5) is 0 Å². The van der Waals surface area contributed by atoms with Crippen molar-refractivity contribution in [2.75, 3.05) is 27.2 Å². The van der Waals surface area contributed by atoms with E-state index in [-0.39, 0.29) is 18.5 Å². The van der Waals surface area contributed by atoms with Gasteiger partial charge in [0.15, 0.2) is 5.96 Å². The fraction of sp³-hybridized carbons (Fsp3) is 0.529. The monoisotopic (exact) mass is 338 g/mol. The molecule has 128 valence electrons. The van der Waals surface area contributed by atoms with E-state index in [2.05, 4.69) is 29.5 Å². The molecule has 0 radical (unpaired) electrons. The summed E-state index contributed by atoms with van der Waals surface area (Å²) in [6.45, 7) is 5.01. The summed E-state index contributed by atoms with van der Waals surface area (Å²) >= 11 is 6.16. The number of amides is 1. The van der Waals surface area contributed by atoms with Gasteiger partial charge in [-0.15, -0.1) is 0 Å². The number of hydrogen-bond donors (Lipinski definition) is 2. The number of carbonyl (C=O) groups excluding carboxylic acids is 1. The Morgan fingerprint density at radius 1 is 1.35 bits per heavy atom. The third-order valence-electron chi connectivity index (χ3n) is 3.51. The molecule has 1 atom stereocenters. The zero-order valence-corrected chi connectivity index (χ0v) is 15.2. The van der Waals surface area contributed by atoms with E-state index in [9.17, 15) is 4.79 Å². The van der Waals surface area contributed by atoms with Crippen LogP contribution >= 0.6 is 11.6 Å². The summed E-state index contributed by atoms with van der Waals surface area (Å²) in [6.07, 6.45) is 1.77. The molecule has 6 heteroatoms. The molecule has 2 N–H and O–H groups in total. The van der Waals surface area contributed by atoms with Crippen molar-refractivity contribution in [1.29, 1.82) is 0 Å². The van der Waals surface area contributed by atoms with E-state index in [0.29, 0.717) is 12.5 Å². The van der Waals surface area contributed by atoms with Crippen molar-refractivity contribution in [3.63, 3.8) is 0 Å². The van der Waals surface area contributed by atoms with Crippen LogP contribution in [0, 0.1) is 0 Å². The molecule has 5 nitrogen and oxygen atoms in total. The van der Waals surface area contributed by atoms with E-state index in [4.69, 9.17) is 11.6 Å². The molecule has 23 heavy (non-hydrogen) atoms. The molecule has 1 unspecified atom stereocenters. The summed E-state index contributed by atoms with van der Waals surface area (Å²) in [5.74, 6) is 0.628. The van der Waals surface area contributed by atoms with Gasteiger partial charge in [-0.1, -0.05) is 36.7 Å². The predicted molar refractivity (Wildman–Crippen MR) is 97.0 cm³/mol. The van der Waals surface area contributed by atoms with Gasteiger partial charge >= 0.3 is 0 Å². The number of hydrogen-bond acceptors (Lipinski definition) is 2. The molecule has 0 fully saturated rings. The highest BCUT2D eigenvalue weighted by Gasteiger charge is 2.07. The maximum Gasteiger partial charge on any atom is 0.243 e. The molecule has 1 aromatic rings. The van der Waals surface area contributed by atoms with Crippen molar-refractivity contribution in [3.8, 4) is 0 Å². The summed E-state index contributed by atoms with van der Waals surface area (Å²) in [5.41, 5.74) is 1.09. The highest BCUT2D eigenvalue weighted by molar-refractivity contribution is 6.31. The second-order valence-corrected chi connectivity index (χ2v) is 6.08. The summed E-state index contributed by atoms with van der Waals surface area (Å²) in [4.78, 5) is 17.6. The lowest BCUT2D eigenvalue weighted by atomic mass is 10.1. The zero-order valence-electron chi connectivity index (χ0n) is 14.4. The van der Waals surface area contributed by atoms with Crippen molar-refractivity contribution in [3.05, 3.63) is 34.9 Å². The second kappa shape index (κ2) is 10.1. The van der Waals surface area contributed by atoms with Gasteiger partial charge in [-0.2, -0.15) is 0 Å². The quantitative estimate of drug-likeness (QED) is 0.592. The van der Waals surface area contributed by atoms with E-state index in [1.54, 1.807) is 14.1 Å². The normalized spacial score (nSPS) is 12.7. The van der Waals surface area contributed by atoms with Gasteiger partial charge in [0.25, 0.3) is 0 Å². The maximum absolute atomic E-state index is 11.7. The van der Waals surface area contributed by atoms with Crippen LogP contribution in [-0.4, -0.2) is 50.0 Å². The van der Waals surface area contributed by atoms with Crippen LogP contribution in [0.3, 0.4) is 0 Å². The first-order valence-electron chi connectivity index (χ1n) is 7.92. The Hall–Kier alpha value is -1.75. The molecule has 0 aromatic heterocycles. The first-order chi connectivity index (χ1) is 10.9. The molecule has 1 aromatic carbocycles. The van der Waals surface area contributed by atoms with Gasteiger partial charge in [0.05, 0.1) is 0 Å². The SMILES string of the molecule is CCC(C)NC(=NCC(=O)N(C)C)NCCc1ccccc1Cl. The Labute approximate surface area is 144 Å². The molecule has 0 aliphatic carbocycles. The minimum atomic E-state index is -0.0265. The number of benzene rings is 1. The van der Waals surface area contributed by atoms with Crippen molar-refractivity contribution in [1.82, 2.24) is 15.5 Å².